The van der Waals surface area contributed by atoms with Gasteiger partial charge in [0, 0.05) is 56.0 Å². The number of fused-ring (bicyclic) bond motifs is 4. The Hall–Kier alpha value is -6.35. The fraction of sp³-hybridized carbons (Fsp3) is 0.143. The SMILES string of the molecule is CC(C)c1ccccc1-c1ccnc(-n2c3[c-]c(C(c4[c-]c(-n5[cH+]n(C(C)(C)C)c6ccccc65)ccc4)(c4ccccc4)c4ccccc4)ccc3c3ccccc32)c1.[Pt]. The van der Waals surface area contributed by atoms with Crippen molar-refractivity contribution in [2.75, 3.05) is 0 Å². The van der Waals surface area contributed by atoms with E-state index in [-0.39, 0.29) is 26.6 Å². The van der Waals surface area contributed by atoms with Crippen molar-refractivity contribution in [3.8, 4) is 22.6 Å². The van der Waals surface area contributed by atoms with Crippen LogP contribution >= 0.6 is 0 Å². The minimum absolute atomic E-state index is 0. The Labute approximate surface area is 373 Å². The van der Waals surface area contributed by atoms with E-state index in [0.29, 0.717) is 5.92 Å². The van der Waals surface area contributed by atoms with E-state index in [0.717, 1.165) is 66.6 Å². The standard InChI is InChI=1S/C56H47N4.Pt/c1-39(2)46-25-12-13-26-47(46)40-33-34-57-54(35-40)60-50-28-15-14-27-48(50)49-32-31-44(37-53(49)60)56(41-19-8-6-9-20-41,42-21-10-7-11-22-42)43-23-18-24-45(36-43)58-38-59(55(3,4)5)52-30-17-16-29-51(52)58;/h6-35,38-39H,1-5H3;/q-1;. The number of para-hydroxylation sites is 3. The zero-order valence-electron chi connectivity index (χ0n) is 35.1. The predicted octanol–water partition coefficient (Wildman–Crippen LogP) is 13.7. The molecule has 3 aromatic heterocycles. The molecule has 0 spiro atoms. The second-order valence-electron chi connectivity index (χ2n) is 17.1. The molecule has 0 unspecified atom stereocenters. The molecular weight excluding hydrogens is 924 g/mol. The number of nitrogens with zero attached hydrogens (tertiary/aromatic N) is 4. The maximum Gasteiger partial charge on any atom is 0.188 e. The average Bonchev–Trinajstić information content (AvgIpc) is 3.85. The van der Waals surface area contributed by atoms with Crippen LogP contribution in [0.3, 0.4) is 0 Å². The van der Waals surface area contributed by atoms with E-state index in [1.165, 1.54) is 16.6 Å². The van der Waals surface area contributed by atoms with E-state index in [4.69, 9.17) is 4.98 Å². The molecule has 0 N–H and O–H groups in total. The number of benzene rings is 7. The summed E-state index contributed by atoms with van der Waals surface area (Å²) in [6.07, 6.45) is 4.17. The van der Waals surface area contributed by atoms with Gasteiger partial charge in [-0.05, 0) is 90.2 Å². The van der Waals surface area contributed by atoms with E-state index < -0.39 is 5.41 Å². The zero-order valence-corrected chi connectivity index (χ0v) is 37.4. The molecule has 0 aliphatic heterocycles. The van der Waals surface area contributed by atoms with E-state index in [2.05, 4.69) is 243 Å². The van der Waals surface area contributed by atoms with Gasteiger partial charge in [0.2, 0.25) is 0 Å². The minimum atomic E-state index is -0.789. The van der Waals surface area contributed by atoms with Crippen LogP contribution in [0.25, 0.3) is 55.5 Å². The van der Waals surface area contributed by atoms with Crippen LogP contribution in [0.4, 0.5) is 0 Å². The molecule has 0 bridgehead atoms. The molecule has 0 saturated heterocycles. The summed E-state index contributed by atoms with van der Waals surface area (Å²) in [6.45, 7) is 11.3. The van der Waals surface area contributed by atoms with Gasteiger partial charge in [0.05, 0.1) is 5.54 Å². The average molecular weight is 971 g/mol. The molecule has 10 aromatic rings. The first-order valence-electron chi connectivity index (χ1n) is 20.9. The Morgan fingerprint density at radius 3 is 1.90 bits per heavy atom. The van der Waals surface area contributed by atoms with Crippen molar-refractivity contribution < 1.29 is 21.1 Å². The summed E-state index contributed by atoms with van der Waals surface area (Å²) in [5.74, 6) is 1.24. The van der Waals surface area contributed by atoms with E-state index in [9.17, 15) is 0 Å². The second-order valence-corrected chi connectivity index (χ2v) is 17.1. The summed E-state index contributed by atoms with van der Waals surface area (Å²) in [4.78, 5) is 5.07. The molecule has 0 aliphatic carbocycles. The molecule has 0 fully saturated rings. The topological polar surface area (TPSA) is 27.7 Å². The number of pyridine rings is 1. The van der Waals surface area contributed by atoms with E-state index >= 15 is 0 Å². The van der Waals surface area contributed by atoms with Crippen molar-refractivity contribution in [2.24, 2.45) is 0 Å². The van der Waals surface area contributed by atoms with Gasteiger partial charge in [-0.25, -0.2) is 14.1 Å². The normalized spacial score (nSPS) is 12.0. The van der Waals surface area contributed by atoms with Gasteiger partial charge >= 0.3 is 0 Å². The van der Waals surface area contributed by atoms with E-state index in [1.807, 2.05) is 6.20 Å². The van der Waals surface area contributed by atoms with Crippen LogP contribution in [0.1, 0.15) is 68.4 Å². The van der Waals surface area contributed by atoms with Gasteiger partial charge in [-0.2, -0.15) is 30.3 Å². The number of hydrogen-bond acceptors (Lipinski definition) is 1. The molecule has 302 valence electrons. The number of hydrogen-bond donors (Lipinski definition) is 0. The van der Waals surface area contributed by atoms with Crippen LogP contribution in [0.2, 0.25) is 0 Å². The van der Waals surface area contributed by atoms with Gasteiger partial charge in [0.25, 0.3) is 0 Å². The fourth-order valence-corrected chi connectivity index (χ4v) is 9.29. The molecule has 4 nitrogen and oxygen atoms in total. The summed E-state index contributed by atoms with van der Waals surface area (Å²) in [6, 6.07) is 71.4. The molecule has 3 heterocycles. The molecule has 10 rings (SSSR count). The Bertz CT molecular complexity index is 3130. The Morgan fingerprint density at radius 2 is 1.20 bits per heavy atom. The summed E-state index contributed by atoms with van der Waals surface area (Å²) in [5, 5.41) is 2.29. The first kappa shape index (κ1) is 40.1. The van der Waals surface area contributed by atoms with Crippen molar-refractivity contribution in [2.45, 2.75) is 51.5 Å². The quantitative estimate of drug-likeness (QED) is 0.110. The summed E-state index contributed by atoms with van der Waals surface area (Å²) >= 11 is 0. The maximum absolute atomic E-state index is 5.07. The zero-order chi connectivity index (χ0) is 41.0. The Kier molecular flexibility index (Phi) is 10.5. The Morgan fingerprint density at radius 1 is 0.574 bits per heavy atom. The largest absolute Gasteiger partial charge is 0.319 e. The van der Waals surface area contributed by atoms with Gasteiger partial charge in [0.1, 0.15) is 5.82 Å². The van der Waals surface area contributed by atoms with Crippen molar-refractivity contribution in [3.63, 3.8) is 0 Å². The molecule has 0 radical (unpaired) electrons. The van der Waals surface area contributed by atoms with Gasteiger partial charge in [0.15, 0.2) is 17.4 Å². The maximum atomic E-state index is 5.07. The smallest absolute Gasteiger partial charge is 0.188 e. The summed E-state index contributed by atoms with van der Waals surface area (Å²) in [7, 11) is 0. The summed E-state index contributed by atoms with van der Waals surface area (Å²) in [5.41, 5.74) is 12.5. The molecule has 0 amide bonds. The monoisotopic (exact) mass is 970 g/mol. The second kappa shape index (κ2) is 15.9. The first-order chi connectivity index (χ1) is 29.2. The van der Waals surface area contributed by atoms with Gasteiger partial charge in [-0.3, -0.25) is 0 Å². The third-order valence-corrected chi connectivity index (χ3v) is 12.1. The van der Waals surface area contributed by atoms with Crippen molar-refractivity contribution >= 4 is 32.8 Å². The molecule has 61 heavy (non-hydrogen) atoms. The third kappa shape index (κ3) is 6.75. The Balaban J connectivity index is 0.00000476. The van der Waals surface area contributed by atoms with Gasteiger partial charge < -0.3 is 4.57 Å². The van der Waals surface area contributed by atoms with Crippen LogP contribution in [-0.2, 0) is 32.0 Å². The van der Waals surface area contributed by atoms with Crippen molar-refractivity contribution in [1.29, 1.82) is 0 Å². The van der Waals surface area contributed by atoms with Crippen molar-refractivity contribution in [3.05, 3.63) is 228 Å². The van der Waals surface area contributed by atoms with E-state index in [1.54, 1.807) is 0 Å². The van der Waals surface area contributed by atoms with Crippen LogP contribution in [0.15, 0.2) is 188 Å². The minimum Gasteiger partial charge on any atom is -0.319 e. The molecule has 0 saturated carbocycles. The third-order valence-electron chi connectivity index (χ3n) is 12.1. The van der Waals surface area contributed by atoms with Crippen LogP contribution in [-0.4, -0.2) is 18.7 Å². The summed E-state index contributed by atoms with van der Waals surface area (Å²) < 4.78 is 6.94. The number of aromatic nitrogens is 4. The number of imidazole rings is 1. The molecule has 0 atom stereocenters. The molecule has 0 aliphatic rings. The van der Waals surface area contributed by atoms with Gasteiger partial charge in [-0.15, -0.1) is 22.6 Å². The molecule has 7 aromatic carbocycles. The number of rotatable bonds is 8. The predicted molar refractivity (Wildman–Crippen MR) is 248 cm³/mol. The molecular formula is C56H47N4Pt-. The first-order valence-corrected chi connectivity index (χ1v) is 20.9. The van der Waals surface area contributed by atoms with Crippen LogP contribution in [0.5, 0.6) is 0 Å². The van der Waals surface area contributed by atoms with Crippen LogP contribution < -0.4 is 0 Å². The van der Waals surface area contributed by atoms with Crippen LogP contribution in [0, 0.1) is 12.1 Å². The molecule has 5 heteroatoms. The van der Waals surface area contributed by atoms with Gasteiger partial charge in [-0.1, -0.05) is 129 Å². The van der Waals surface area contributed by atoms with Crippen molar-refractivity contribution in [1.82, 2.24) is 18.7 Å². The fourth-order valence-electron chi connectivity index (χ4n) is 9.29.